The maximum Gasteiger partial charge on any atom is 0.248 e. The monoisotopic (exact) mass is 276 g/mol. The molecule has 0 heterocycles. The van der Waals surface area contributed by atoms with Crippen LogP contribution in [0.15, 0.2) is 0 Å². The minimum atomic E-state index is -2.53. The zero-order valence-electron chi connectivity index (χ0n) is 11.3. The molecule has 0 aliphatic heterocycles. The van der Waals surface area contributed by atoms with Gasteiger partial charge in [0.25, 0.3) is 0 Å². The van der Waals surface area contributed by atoms with Crippen LogP contribution in [0.3, 0.4) is 0 Å². The molecule has 0 unspecified atom stereocenters. The summed E-state index contributed by atoms with van der Waals surface area (Å²) < 4.78 is 37.9. The van der Waals surface area contributed by atoms with Gasteiger partial charge in [0.1, 0.15) is 0 Å². The van der Waals surface area contributed by atoms with Crippen molar-refractivity contribution < 1.29 is 13.0 Å². The van der Waals surface area contributed by atoms with Gasteiger partial charge in [0.05, 0.1) is 0 Å². The van der Waals surface area contributed by atoms with E-state index >= 15 is 0 Å². The van der Waals surface area contributed by atoms with Gasteiger partial charge < -0.3 is 0 Å². The molecule has 1 fully saturated rings. The molecule has 0 amide bonds. The zero-order chi connectivity index (χ0) is 14.0. The SMILES string of the molecule is C#C[C@@H](C[S@@](=O)C(C)(C)C)C1CCC(F)(F)CC1. The van der Waals surface area contributed by atoms with E-state index in [1.54, 1.807) is 0 Å². The van der Waals surface area contributed by atoms with E-state index in [1.165, 1.54) is 0 Å². The van der Waals surface area contributed by atoms with Gasteiger partial charge >= 0.3 is 0 Å². The first-order valence-electron chi connectivity index (χ1n) is 6.38. The summed E-state index contributed by atoms with van der Waals surface area (Å²) in [7, 11) is -1.02. The van der Waals surface area contributed by atoms with Gasteiger partial charge in [-0.15, -0.1) is 12.3 Å². The van der Waals surface area contributed by atoms with Crippen molar-refractivity contribution in [2.75, 3.05) is 5.75 Å². The Balaban J connectivity index is 2.59. The average Bonchev–Trinajstić information content (AvgIpc) is 2.24. The molecule has 0 spiro atoms. The Bertz CT molecular complexity index is 342. The normalized spacial score (nSPS) is 24.2. The summed E-state index contributed by atoms with van der Waals surface area (Å²) in [5.74, 6) is 0.522. The van der Waals surface area contributed by atoms with Crippen LogP contribution in [0.4, 0.5) is 8.78 Å². The highest BCUT2D eigenvalue weighted by molar-refractivity contribution is 7.86. The Kier molecular flexibility index (Phi) is 4.94. The van der Waals surface area contributed by atoms with Crippen LogP contribution >= 0.6 is 0 Å². The Morgan fingerprint density at radius 3 is 2.28 bits per heavy atom. The van der Waals surface area contributed by atoms with E-state index in [0.717, 1.165) is 0 Å². The third-order valence-electron chi connectivity index (χ3n) is 3.56. The van der Waals surface area contributed by atoms with Gasteiger partial charge in [-0.3, -0.25) is 4.21 Å². The van der Waals surface area contributed by atoms with Crippen LogP contribution in [0.25, 0.3) is 0 Å². The van der Waals surface area contributed by atoms with E-state index in [9.17, 15) is 13.0 Å². The van der Waals surface area contributed by atoms with Gasteiger partial charge in [0.2, 0.25) is 5.92 Å². The van der Waals surface area contributed by atoms with Crippen molar-refractivity contribution in [3.8, 4) is 12.3 Å². The Hall–Kier alpha value is -0.430. The number of hydrogen-bond acceptors (Lipinski definition) is 1. The first-order chi connectivity index (χ1) is 8.15. The highest BCUT2D eigenvalue weighted by Crippen LogP contribution is 2.39. The quantitative estimate of drug-likeness (QED) is 0.720. The van der Waals surface area contributed by atoms with Gasteiger partial charge in [-0.1, -0.05) is 0 Å². The second kappa shape index (κ2) is 5.69. The molecule has 0 N–H and O–H groups in total. The van der Waals surface area contributed by atoms with Gasteiger partial charge in [0, 0.05) is 40.1 Å². The van der Waals surface area contributed by atoms with Crippen LogP contribution in [0.2, 0.25) is 0 Å². The van der Waals surface area contributed by atoms with E-state index in [1.807, 2.05) is 20.8 Å². The minimum Gasteiger partial charge on any atom is -0.259 e. The summed E-state index contributed by atoms with van der Waals surface area (Å²) in [6, 6.07) is 0. The number of hydrogen-bond donors (Lipinski definition) is 0. The third kappa shape index (κ3) is 4.35. The summed E-state index contributed by atoms with van der Waals surface area (Å²) in [6.07, 6.45) is 6.22. The van der Waals surface area contributed by atoms with Crippen molar-refractivity contribution in [1.29, 1.82) is 0 Å². The molecule has 1 aliphatic carbocycles. The third-order valence-corrected chi connectivity index (χ3v) is 5.59. The Morgan fingerprint density at radius 2 is 1.89 bits per heavy atom. The Labute approximate surface area is 111 Å². The molecule has 0 bridgehead atoms. The predicted octanol–water partition coefficient (Wildman–Crippen LogP) is 3.61. The van der Waals surface area contributed by atoms with Gasteiger partial charge in [-0.2, -0.15) is 0 Å². The second-order valence-corrected chi connectivity index (χ2v) is 8.34. The lowest BCUT2D eigenvalue weighted by atomic mass is 9.79. The van der Waals surface area contributed by atoms with E-state index in [2.05, 4.69) is 5.92 Å². The molecule has 0 radical (unpaired) electrons. The molecule has 1 rings (SSSR count). The van der Waals surface area contributed by atoms with Crippen molar-refractivity contribution in [2.24, 2.45) is 11.8 Å². The minimum absolute atomic E-state index is 0.0853. The summed E-state index contributed by atoms with van der Waals surface area (Å²) in [5.41, 5.74) is 0. The molecule has 18 heavy (non-hydrogen) atoms. The van der Waals surface area contributed by atoms with Crippen LogP contribution < -0.4 is 0 Å². The number of halogens is 2. The molecule has 1 aliphatic rings. The molecule has 0 aromatic carbocycles. The van der Waals surface area contributed by atoms with Gasteiger partial charge in [-0.25, -0.2) is 8.78 Å². The lowest BCUT2D eigenvalue weighted by molar-refractivity contribution is -0.0487. The first-order valence-corrected chi connectivity index (χ1v) is 7.70. The van der Waals surface area contributed by atoms with E-state index in [-0.39, 0.29) is 29.4 Å². The highest BCUT2D eigenvalue weighted by Gasteiger charge is 2.38. The highest BCUT2D eigenvalue weighted by atomic mass is 32.2. The standard InChI is InChI=1S/C14H22F2OS/c1-5-11(10-18(17)13(2,3)4)12-6-8-14(15,16)9-7-12/h1,11-12H,6-10H2,2-4H3/t11-,18+/m0/s1. The van der Waals surface area contributed by atoms with Crippen molar-refractivity contribution in [3.63, 3.8) is 0 Å². The molecule has 1 saturated carbocycles. The van der Waals surface area contributed by atoms with Crippen molar-refractivity contribution >= 4 is 10.8 Å². The van der Waals surface area contributed by atoms with Gasteiger partial charge in [0.15, 0.2) is 0 Å². The fourth-order valence-electron chi connectivity index (χ4n) is 2.20. The van der Waals surface area contributed by atoms with Crippen molar-refractivity contribution in [2.45, 2.75) is 57.1 Å². The van der Waals surface area contributed by atoms with Crippen LogP contribution in [-0.2, 0) is 10.8 Å². The van der Waals surface area contributed by atoms with Crippen molar-refractivity contribution in [1.82, 2.24) is 0 Å². The molecule has 0 aromatic heterocycles. The molecule has 0 saturated heterocycles. The molecular formula is C14H22F2OS. The van der Waals surface area contributed by atoms with E-state index < -0.39 is 16.7 Å². The summed E-state index contributed by atoms with van der Waals surface area (Å²) in [4.78, 5) is 0. The largest absolute Gasteiger partial charge is 0.259 e. The zero-order valence-corrected chi connectivity index (χ0v) is 12.2. The molecule has 1 nitrogen and oxygen atoms in total. The molecule has 2 atom stereocenters. The number of rotatable bonds is 3. The molecular weight excluding hydrogens is 254 g/mol. The molecule has 0 aromatic rings. The van der Waals surface area contributed by atoms with Gasteiger partial charge in [-0.05, 0) is 39.5 Å². The second-order valence-electron chi connectivity index (χ2n) is 6.09. The summed E-state index contributed by atoms with van der Waals surface area (Å²) in [6.45, 7) is 5.73. The summed E-state index contributed by atoms with van der Waals surface area (Å²) >= 11 is 0. The fraction of sp³-hybridized carbons (Fsp3) is 0.857. The van der Waals surface area contributed by atoms with Crippen LogP contribution in [-0.4, -0.2) is 20.6 Å². The maximum absolute atomic E-state index is 13.1. The smallest absolute Gasteiger partial charge is 0.248 e. The average molecular weight is 276 g/mol. The summed E-state index contributed by atoms with van der Waals surface area (Å²) in [5, 5.41) is 0. The maximum atomic E-state index is 13.1. The topological polar surface area (TPSA) is 17.1 Å². The first kappa shape index (κ1) is 15.6. The lowest BCUT2D eigenvalue weighted by Gasteiger charge is -2.32. The van der Waals surface area contributed by atoms with Crippen molar-refractivity contribution in [3.05, 3.63) is 0 Å². The van der Waals surface area contributed by atoms with E-state index in [4.69, 9.17) is 6.42 Å². The Morgan fingerprint density at radius 1 is 1.39 bits per heavy atom. The van der Waals surface area contributed by atoms with Crippen LogP contribution in [0, 0.1) is 24.2 Å². The molecule has 4 heteroatoms. The van der Waals surface area contributed by atoms with Crippen LogP contribution in [0.5, 0.6) is 0 Å². The van der Waals surface area contributed by atoms with Crippen LogP contribution in [0.1, 0.15) is 46.5 Å². The fourth-order valence-corrected chi connectivity index (χ4v) is 3.39. The number of alkyl halides is 2. The van der Waals surface area contributed by atoms with E-state index in [0.29, 0.717) is 18.6 Å². The lowest BCUT2D eigenvalue weighted by Crippen LogP contribution is -2.33. The molecule has 104 valence electrons. The predicted molar refractivity (Wildman–Crippen MR) is 72.0 cm³/mol. The number of terminal acetylenes is 1.